The second-order valence-electron chi connectivity index (χ2n) is 5.04. The van der Waals surface area contributed by atoms with E-state index in [0.717, 1.165) is 0 Å². The lowest BCUT2D eigenvalue weighted by molar-refractivity contribution is -0.162. The summed E-state index contributed by atoms with van der Waals surface area (Å²) in [5.41, 5.74) is 0. The van der Waals surface area contributed by atoms with Crippen LogP contribution >= 0.6 is 0 Å². The van der Waals surface area contributed by atoms with Crippen LogP contribution in [0.4, 0.5) is 0 Å². The lowest BCUT2D eigenvalue weighted by atomic mass is 9.96. The lowest BCUT2D eigenvalue weighted by Gasteiger charge is -2.17. The molecule has 0 bridgehead atoms. The highest BCUT2D eigenvalue weighted by Gasteiger charge is 2.32. The molecule has 0 aromatic rings. The first-order valence-corrected chi connectivity index (χ1v) is 8.59. The van der Waals surface area contributed by atoms with E-state index in [2.05, 4.69) is 0 Å². The van der Waals surface area contributed by atoms with Gasteiger partial charge in [0.1, 0.15) is 0 Å². The maximum atomic E-state index is 11.9. The van der Waals surface area contributed by atoms with Crippen LogP contribution in [0.1, 0.15) is 47.0 Å². The minimum absolute atomic E-state index is 0.104. The Hall–Kier alpha value is -2.12. The zero-order valence-corrected chi connectivity index (χ0v) is 15.4. The van der Waals surface area contributed by atoms with Gasteiger partial charge in [0.15, 0.2) is 11.8 Å². The van der Waals surface area contributed by atoms with Gasteiger partial charge in [0.2, 0.25) is 0 Å². The predicted molar refractivity (Wildman–Crippen MR) is 87.4 cm³/mol. The molecule has 0 saturated heterocycles. The van der Waals surface area contributed by atoms with Gasteiger partial charge in [0, 0.05) is 0 Å². The van der Waals surface area contributed by atoms with Gasteiger partial charge < -0.3 is 18.9 Å². The van der Waals surface area contributed by atoms with Gasteiger partial charge in [-0.05, 0) is 40.5 Å². The van der Waals surface area contributed by atoms with E-state index < -0.39 is 35.7 Å². The molecule has 0 aromatic carbocycles. The highest BCUT2D eigenvalue weighted by atomic mass is 16.6. The highest BCUT2D eigenvalue weighted by molar-refractivity contribution is 5.95. The summed E-state index contributed by atoms with van der Waals surface area (Å²) in [5.74, 6) is -4.86. The largest absolute Gasteiger partial charge is 0.465 e. The van der Waals surface area contributed by atoms with Crippen LogP contribution in [-0.4, -0.2) is 50.3 Å². The van der Waals surface area contributed by atoms with E-state index in [1.54, 1.807) is 27.7 Å². The van der Waals surface area contributed by atoms with Gasteiger partial charge in [0.25, 0.3) is 0 Å². The number of ether oxygens (including phenoxy) is 4. The molecule has 8 nitrogen and oxygen atoms in total. The van der Waals surface area contributed by atoms with E-state index >= 15 is 0 Å². The first-order valence-electron chi connectivity index (χ1n) is 8.59. The second kappa shape index (κ2) is 13.2. The monoisotopic (exact) mass is 360 g/mol. The summed E-state index contributed by atoms with van der Waals surface area (Å²) in [7, 11) is 0. The highest BCUT2D eigenvalue weighted by Crippen LogP contribution is 2.18. The minimum Gasteiger partial charge on any atom is -0.465 e. The Balaban J connectivity index is 4.86. The Morgan fingerprint density at radius 2 is 0.800 bits per heavy atom. The number of esters is 4. The second-order valence-corrected chi connectivity index (χ2v) is 5.04. The van der Waals surface area contributed by atoms with Crippen molar-refractivity contribution in [3.63, 3.8) is 0 Å². The standard InChI is InChI=1S/C17H28O8/c1-5-22-14(18)12(15(19)23-6-2)10-9-11-13(16(20)24-7-3)17(21)25-8-4/h12-13H,5-11H2,1-4H3. The first kappa shape index (κ1) is 22.9. The van der Waals surface area contributed by atoms with Gasteiger partial charge in [0.05, 0.1) is 26.4 Å². The number of hydrogen-bond donors (Lipinski definition) is 0. The molecule has 8 heteroatoms. The number of hydrogen-bond acceptors (Lipinski definition) is 8. The topological polar surface area (TPSA) is 105 Å². The average Bonchev–Trinajstić information content (AvgIpc) is 2.55. The van der Waals surface area contributed by atoms with Crippen LogP contribution in [0.25, 0.3) is 0 Å². The van der Waals surface area contributed by atoms with E-state index in [9.17, 15) is 19.2 Å². The zero-order valence-electron chi connectivity index (χ0n) is 15.4. The normalized spacial score (nSPS) is 10.5. The van der Waals surface area contributed by atoms with E-state index in [0.29, 0.717) is 0 Å². The Kier molecular flexibility index (Phi) is 12.1. The van der Waals surface area contributed by atoms with E-state index in [-0.39, 0.29) is 45.7 Å². The molecule has 0 saturated carbocycles. The molecule has 0 unspecified atom stereocenters. The zero-order chi connectivity index (χ0) is 19.2. The predicted octanol–water partition coefficient (Wildman–Crippen LogP) is 1.64. The molecule has 0 aliphatic heterocycles. The lowest BCUT2D eigenvalue weighted by Crippen LogP contribution is -2.30. The average molecular weight is 360 g/mol. The molecule has 0 atom stereocenters. The van der Waals surface area contributed by atoms with Crippen molar-refractivity contribution in [1.29, 1.82) is 0 Å². The maximum absolute atomic E-state index is 11.9. The summed E-state index contributed by atoms with van der Waals surface area (Å²) in [6.45, 7) is 7.11. The summed E-state index contributed by atoms with van der Waals surface area (Å²) in [4.78, 5) is 47.6. The van der Waals surface area contributed by atoms with Crippen molar-refractivity contribution in [3.05, 3.63) is 0 Å². The van der Waals surface area contributed by atoms with Crippen molar-refractivity contribution in [3.8, 4) is 0 Å². The summed E-state index contributed by atoms with van der Waals surface area (Å²) < 4.78 is 19.5. The summed E-state index contributed by atoms with van der Waals surface area (Å²) in [5, 5.41) is 0. The van der Waals surface area contributed by atoms with Gasteiger partial charge in [-0.15, -0.1) is 0 Å². The molecule has 144 valence electrons. The Morgan fingerprint density at radius 1 is 0.560 bits per heavy atom. The summed E-state index contributed by atoms with van der Waals surface area (Å²) >= 11 is 0. The molecule has 0 amide bonds. The van der Waals surface area contributed by atoms with E-state index in [4.69, 9.17) is 18.9 Å². The van der Waals surface area contributed by atoms with Crippen LogP contribution in [0, 0.1) is 11.8 Å². The van der Waals surface area contributed by atoms with Crippen LogP contribution in [0.15, 0.2) is 0 Å². The molecule has 0 fully saturated rings. The Labute approximate surface area is 148 Å². The van der Waals surface area contributed by atoms with Crippen LogP contribution in [0.3, 0.4) is 0 Å². The van der Waals surface area contributed by atoms with Crippen molar-refractivity contribution in [2.75, 3.05) is 26.4 Å². The van der Waals surface area contributed by atoms with Crippen LogP contribution in [0.2, 0.25) is 0 Å². The molecule has 0 rings (SSSR count). The first-order chi connectivity index (χ1) is 11.9. The molecular weight excluding hydrogens is 332 g/mol. The summed E-state index contributed by atoms with van der Waals surface area (Å²) in [6.07, 6.45) is 0.463. The van der Waals surface area contributed by atoms with Gasteiger partial charge >= 0.3 is 23.9 Å². The minimum atomic E-state index is -1.08. The maximum Gasteiger partial charge on any atom is 0.320 e. The molecule has 0 heterocycles. The fourth-order valence-corrected chi connectivity index (χ4v) is 2.16. The van der Waals surface area contributed by atoms with Crippen molar-refractivity contribution in [2.45, 2.75) is 47.0 Å². The third kappa shape index (κ3) is 8.51. The molecule has 25 heavy (non-hydrogen) atoms. The fraction of sp³-hybridized carbons (Fsp3) is 0.765. The molecule has 0 N–H and O–H groups in total. The van der Waals surface area contributed by atoms with E-state index in [1.165, 1.54) is 0 Å². The van der Waals surface area contributed by atoms with Crippen molar-refractivity contribution >= 4 is 23.9 Å². The molecule has 0 aliphatic rings. The number of carbonyl (C=O) groups is 4. The Bertz CT molecular complexity index is 370. The van der Waals surface area contributed by atoms with Crippen LogP contribution < -0.4 is 0 Å². The van der Waals surface area contributed by atoms with Crippen molar-refractivity contribution in [1.82, 2.24) is 0 Å². The van der Waals surface area contributed by atoms with Gasteiger partial charge in [-0.25, -0.2) is 0 Å². The Morgan fingerprint density at radius 3 is 1.00 bits per heavy atom. The fourth-order valence-electron chi connectivity index (χ4n) is 2.16. The summed E-state index contributed by atoms with van der Waals surface area (Å²) in [6, 6.07) is 0. The van der Waals surface area contributed by atoms with Gasteiger partial charge in [-0.1, -0.05) is 6.42 Å². The third-order valence-electron chi connectivity index (χ3n) is 3.27. The third-order valence-corrected chi connectivity index (χ3v) is 3.27. The van der Waals surface area contributed by atoms with Crippen LogP contribution in [0.5, 0.6) is 0 Å². The van der Waals surface area contributed by atoms with Crippen molar-refractivity contribution in [2.24, 2.45) is 11.8 Å². The molecule has 0 radical (unpaired) electrons. The number of rotatable bonds is 12. The smallest absolute Gasteiger partial charge is 0.320 e. The van der Waals surface area contributed by atoms with Gasteiger partial charge in [-0.2, -0.15) is 0 Å². The SMILES string of the molecule is CCOC(=O)C(CCCC(C(=O)OCC)C(=O)OCC)C(=O)OCC. The van der Waals surface area contributed by atoms with Crippen LogP contribution in [-0.2, 0) is 38.1 Å². The van der Waals surface area contributed by atoms with Gasteiger partial charge in [-0.3, -0.25) is 19.2 Å². The molecule has 0 aromatic heterocycles. The van der Waals surface area contributed by atoms with Crippen molar-refractivity contribution < 1.29 is 38.1 Å². The number of carbonyl (C=O) groups excluding carboxylic acids is 4. The molecule has 0 spiro atoms. The molecule has 0 aliphatic carbocycles. The quantitative estimate of drug-likeness (QED) is 0.294. The van der Waals surface area contributed by atoms with E-state index in [1.807, 2.05) is 0 Å². The molecular formula is C17H28O8.